The number of nitrogens with one attached hydrogen (secondary N) is 2. The molecule has 0 unspecified atom stereocenters. The lowest BCUT2D eigenvalue weighted by Crippen LogP contribution is -2.17. The molecule has 10 heteroatoms. The molecule has 0 spiro atoms. The van der Waals surface area contributed by atoms with Crippen LogP contribution in [0.1, 0.15) is 13.8 Å². The van der Waals surface area contributed by atoms with E-state index in [-0.39, 0.29) is 32.5 Å². The molecule has 2 aromatic rings. The van der Waals surface area contributed by atoms with E-state index >= 15 is 0 Å². The largest absolute Gasteiger partial charge is 0.326 e. The van der Waals surface area contributed by atoms with Gasteiger partial charge >= 0.3 is 0 Å². The number of carbonyl (C=O) groups excluding carboxylic acids is 1. The molecule has 1 amide bonds. The smallest absolute Gasteiger partial charge is 0.263 e. The molecule has 6 nitrogen and oxygen atoms in total. The van der Waals surface area contributed by atoms with E-state index in [0.717, 1.165) is 0 Å². The van der Waals surface area contributed by atoms with Crippen LogP contribution in [0.25, 0.3) is 0 Å². The zero-order valence-electron chi connectivity index (χ0n) is 14.4. The molecule has 1 aliphatic rings. The van der Waals surface area contributed by atoms with Gasteiger partial charge in [0.05, 0.1) is 10.8 Å². The maximum Gasteiger partial charge on any atom is 0.263 e. The van der Waals surface area contributed by atoms with Crippen LogP contribution in [0.4, 0.5) is 10.8 Å². The second kappa shape index (κ2) is 7.43. The minimum atomic E-state index is -3.73. The van der Waals surface area contributed by atoms with Gasteiger partial charge < -0.3 is 5.32 Å². The van der Waals surface area contributed by atoms with E-state index in [9.17, 15) is 13.2 Å². The van der Waals surface area contributed by atoms with E-state index in [0.29, 0.717) is 10.8 Å². The van der Waals surface area contributed by atoms with Crippen LogP contribution in [0.2, 0.25) is 0 Å². The first-order chi connectivity index (χ1) is 12.6. The highest BCUT2D eigenvalue weighted by atomic mass is 35.5. The van der Waals surface area contributed by atoms with E-state index in [1.165, 1.54) is 29.7 Å². The van der Waals surface area contributed by atoms with Gasteiger partial charge in [0.25, 0.3) is 10.0 Å². The number of rotatable bonds is 6. The summed E-state index contributed by atoms with van der Waals surface area (Å²) in [4.78, 5) is 16.5. The molecular formula is C17H17Cl2N3O3S2. The molecule has 144 valence electrons. The van der Waals surface area contributed by atoms with Crippen molar-refractivity contribution in [1.29, 1.82) is 0 Å². The highest BCUT2D eigenvalue weighted by molar-refractivity contribution is 7.93. The molecule has 1 saturated carbocycles. The third kappa shape index (κ3) is 4.45. The van der Waals surface area contributed by atoms with Gasteiger partial charge in [-0.15, -0.1) is 11.3 Å². The van der Waals surface area contributed by atoms with Crippen LogP contribution >= 0.6 is 34.5 Å². The van der Waals surface area contributed by atoms with Crippen molar-refractivity contribution in [2.24, 2.45) is 17.3 Å². The van der Waals surface area contributed by atoms with Crippen LogP contribution in [0.3, 0.4) is 0 Å². The van der Waals surface area contributed by atoms with Crippen molar-refractivity contribution in [3.05, 3.63) is 46.4 Å². The van der Waals surface area contributed by atoms with Crippen LogP contribution in [-0.2, 0) is 14.8 Å². The molecule has 2 atom stereocenters. The van der Waals surface area contributed by atoms with E-state index in [1.807, 2.05) is 13.8 Å². The number of allylic oxidation sites excluding steroid dienone is 1. The summed E-state index contributed by atoms with van der Waals surface area (Å²) >= 11 is 12.6. The van der Waals surface area contributed by atoms with Crippen LogP contribution in [-0.4, -0.2) is 19.3 Å². The number of sulfonamides is 1. The maximum atomic E-state index is 12.5. The summed E-state index contributed by atoms with van der Waals surface area (Å²) in [5, 5.41) is 4.78. The van der Waals surface area contributed by atoms with Gasteiger partial charge in [-0.3, -0.25) is 9.52 Å². The monoisotopic (exact) mass is 445 g/mol. The van der Waals surface area contributed by atoms with Crippen molar-refractivity contribution in [2.45, 2.75) is 18.7 Å². The summed E-state index contributed by atoms with van der Waals surface area (Å²) < 4.78 is 27.2. The molecule has 0 bridgehead atoms. The highest BCUT2D eigenvalue weighted by Gasteiger charge is 2.60. The zero-order valence-corrected chi connectivity index (χ0v) is 17.6. The first-order valence-electron chi connectivity index (χ1n) is 7.97. The molecule has 3 rings (SSSR count). The lowest BCUT2D eigenvalue weighted by atomic mass is 10.1. The minimum absolute atomic E-state index is 0.0374. The van der Waals surface area contributed by atoms with Crippen molar-refractivity contribution in [3.63, 3.8) is 0 Å². The van der Waals surface area contributed by atoms with E-state index in [1.54, 1.807) is 23.6 Å². The molecule has 1 fully saturated rings. The first-order valence-corrected chi connectivity index (χ1v) is 11.1. The fraction of sp³-hybridized carbons (Fsp3) is 0.294. The van der Waals surface area contributed by atoms with Crippen molar-refractivity contribution in [1.82, 2.24) is 4.98 Å². The number of carbonyl (C=O) groups is 1. The van der Waals surface area contributed by atoms with Crippen LogP contribution in [0.15, 0.2) is 51.3 Å². The lowest BCUT2D eigenvalue weighted by molar-refractivity contribution is -0.118. The minimum Gasteiger partial charge on any atom is -0.326 e. The van der Waals surface area contributed by atoms with Crippen molar-refractivity contribution < 1.29 is 13.2 Å². The van der Waals surface area contributed by atoms with Crippen LogP contribution in [0.5, 0.6) is 0 Å². The predicted octanol–water partition coefficient (Wildman–Crippen LogP) is 4.47. The second-order valence-electron chi connectivity index (χ2n) is 6.74. The highest BCUT2D eigenvalue weighted by Crippen LogP contribution is 2.60. The van der Waals surface area contributed by atoms with E-state index < -0.39 is 10.0 Å². The van der Waals surface area contributed by atoms with E-state index in [4.69, 9.17) is 23.2 Å². The van der Waals surface area contributed by atoms with Crippen molar-refractivity contribution in [2.75, 3.05) is 10.0 Å². The Hall–Kier alpha value is -1.61. The molecule has 0 saturated heterocycles. The van der Waals surface area contributed by atoms with Crippen LogP contribution < -0.4 is 10.0 Å². The van der Waals surface area contributed by atoms with Gasteiger partial charge in [-0.1, -0.05) is 37.0 Å². The quantitative estimate of drug-likeness (QED) is 0.685. The number of hydrogen-bond acceptors (Lipinski definition) is 5. The Balaban J connectivity index is 1.68. The molecule has 1 aromatic carbocycles. The van der Waals surface area contributed by atoms with Gasteiger partial charge in [0, 0.05) is 17.3 Å². The number of benzene rings is 1. The number of hydrogen-bond donors (Lipinski definition) is 2. The molecular weight excluding hydrogens is 429 g/mol. The standard InChI is InChI=1S/C17H17Cl2N3O3S2/c1-17(2)12(9-13(18)19)14(17)15(23)21-10-3-5-11(6-4-10)27(24,25)22-16-20-7-8-26-16/h3-9,12,14H,1-2H3,(H,20,22)(H,21,23)/t12-,14+/m1/s1. The Morgan fingerprint density at radius 1 is 1.26 bits per heavy atom. The summed E-state index contributed by atoms with van der Waals surface area (Å²) in [6.07, 6.45) is 3.19. The first kappa shape index (κ1) is 20.1. The summed E-state index contributed by atoms with van der Waals surface area (Å²) in [6, 6.07) is 5.94. The van der Waals surface area contributed by atoms with Gasteiger partial charge in [0.1, 0.15) is 4.49 Å². The van der Waals surface area contributed by atoms with Crippen molar-refractivity contribution in [3.8, 4) is 0 Å². The van der Waals surface area contributed by atoms with Gasteiger partial charge in [-0.05, 0) is 41.7 Å². The number of amides is 1. The molecule has 27 heavy (non-hydrogen) atoms. The average molecular weight is 446 g/mol. The third-order valence-electron chi connectivity index (χ3n) is 4.58. The lowest BCUT2D eigenvalue weighted by Gasteiger charge is -2.08. The zero-order chi connectivity index (χ0) is 19.8. The van der Waals surface area contributed by atoms with Crippen molar-refractivity contribution >= 4 is 61.3 Å². The average Bonchev–Trinajstić information content (AvgIpc) is 2.91. The topological polar surface area (TPSA) is 88.2 Å². The Morgan fingerprint density at radius 3 is 2.48 bits per heavy atom. The number of aromatic nitrogens is 1. The Kier molecular flexibility index (Phi) is 5.54. The Morgan fingerprint density at radius 2 is 1.93 bits per heavy atom. The molecule has 1 aromatic heterocycles. The number of halogens is 2. The van der Waals surface area contributed by atoms with Crippen LogP contribution in [0, 0.1) is 17.3 Å². The predicted molar refractivity (Wildman–Crippen MR) is 109 cm³/mol. The maximum absolute atomic E-state index is 12.5. The number of thiazole rings is 1. The molecule has 1 aliphatic carbocycles. The Bertz CT molecular complexity index is 967. The van der Waals surface area contributed by atoms with Gasteiger partial charge in [-0.25, -0.2) is 13.4 Å². The van der Waals surface area contributed by atoms with E-state index in [2.05, 4.69) is 15.0 Å². The normalized spacial score (nSPS) is 20.6. The second-order valence-corrected chi connectivity index (χ2v) is 10.3. The number of anilines is 2. The van der Waals surface area contributed by atoms with Gasteiger partial charge in [0.15, 0.2) is 5.13 Å². The Labute approximate surface area is 171 Å². The summed E-state index contributed by atoms with van der Waals surface area (Å²) in [5.74, 6) is -0.447. The van der Waals surface area contributed by atoms with Gasteiger partial charge in [0.2, 0.25) is 5.91 Å². The summed E-state index contributed by atoms with van der Waals surface area (Å²) in [5.41, 5.74) is 0.274. The SMILES string of the molecule is CC1(C)[C@H](C=C(Cl)Cl)[C@H]1C(=O)Nc1ccc(S(=O)(=O)Nc2nccs2)cc1. The third-order valence-corrected chi connectivity index (χ3v) is 7.01. The summed E-state index contributed by atoms with van der Waals surface area (Å²) in [6.45, 7) is 3.93. The number of nitrogens with zero attached hydrogens (tertiary/aromatic N) is 1. The fourth-order valence-electron chi connectivity index (χ4n) is 3.01. The van der Waals surface area contributed by atoms with Gasteiger partial charge in [-0.2, -0.15) is 0 Å². The molecule has 0 aliphatic heterocycles. The molecule has 2 N–H and O–H groups in total. The molecule has 0 radical (unpaired) electrons. The summed E-state index contributed by atoms with van der Waals surface area (Å²) in [7, 11) is -3.73. The molecule has 1 heterocycles. The fourth-order valence-corrected chi connectivity index (χ4v) is 5.07.